The molecule has 0 saturated heterocycles. The molecule has 2 heterocycles. The Labute approximate surface area is 113 Å². The van der Waals surface area contributed by atoms with Crippen molar-refractivity contribution in [2.45, 2.75) is 0 Å². The van der Waals surface area contributed by atoms with Crippen LogP contribution in [0.4, 0.5) is 0 Å². The first-order valence-electron chi connectivity index (χ1n) is 5.54. The second-order valence-electron chi connectivity index (χ2n) is 3.90. The summed E-state index contributed by atoms with van der Waals surface area (Å²) in [5.74, 6) is 0. The Hall–Kier alpha value is -1.94. The van der Waals surface area contributed by atoms with Gasteiger partial charge in [0, 0.05) is 22.4 Å². The standard InChI is InChI=1S/C14H10BrN3/c15-13-6-14(9-16-8-13)18-10-12(7-17-18)11-4-2-1-3-5-11/h1-10H. The summed E-state index contributed by atoms with van der Waals surface area (Å²) < 4.78 is 2.76. The molecule has 0 fully saturated rings. The fourth-order valence-electron chi connectivity index (χ4n) is 1.77. The summed E-state index contributed by atoms with van der Waals surface area (Å²) in [5, 5.41) is 4.36. The minimum atomic E-state index is 0.937. The largest absolute Gasteiger partial charge is 0.261 e. The number of rotatable bonds is 2. The van der Waals surface area contributed by atoms with Crippen molar-refractivity contribution in [3.63, 3.8) is 0 Å². The number of aromatic nitrogens is 3. The molecule has 0 spiro atoms. The van der Waals surface area contributed by atoms with Crippen LogP contribution < -0.4 is 0 Å². The fraction of sp³-hybridized carbons (Fsp3) is 0. The lowest BCUT2D eigenvalue weighted by Gasteiger charge is -2.00. The van der Waals surface area contributed by atoms with E-state index in [1.807, 2.05) is 41.3 Å². The van der Waals surface area contributed by atoms with Gasteiger partial charge < -0.3 is 0 Å². The van der Waals surface area contributed by atoms with Crippen molar-refractivity contribution < 1.29 is 0 Å². The third-order valence-corrected chi connectivity index (χ3v) is 3.08. The first-order valence-corrected chi connectivity index (χ1v) is 6.33. The topological polar surface area (TPSA) is 30.7 Å². The molecule has 0 N–H and O–H groups in total. The number of hydrogen-bond acceptors (Lipinski definition) is 2. The van der Waals surface area contributed by atoms with E-state index in [1.165, 1.54) is 0 Å². The molecular formula is C14H10BrN3. The first kappa shape index (κ1) is 11.2. The lowest BCUT2D eigenvalue weighted by Crippen LogP contribution is -1.94. The number of halogens is 1. The number of nitrogens with zero attached hydrogens (tertiary/aromatic N) is 3. The van der Waals surface area contributed by atoms with Gasteiger partial charge in [-0.05, 0) is 27.6 Å². The van der Waals surface area contributed by atoms with Gasteiger partial charge >= 0.3 is 0 Å². The molecule has 4 heteroatoms. The van der Waals surface area contributed by atoms with Gasteiger partial charge in [0.1, 0.15) is 0 Å². The molecular weight excluding hydrogens is 290 g/mol. The smallest absolute Gasteiger partial charge is 0.0840 e. The minimum absolute atomic E-state index is 0.937. The van der Waals surface area contributed by atoms with Gasteiger partial charge in [-0.25, -0.2) is 4.68 Å². The monoisotopic (exact) mass is 299 g/mol. The molecule has 88 valence electrons. The Balaban J connectivity index is 2.00. The van der Waals surface area contributed by atoms with Gasteiger partial charge in [0.25, 0.3) is 0 Å². The van der Waals surface area contributed by atoms with E-state index < -0.39 is 0 Å². The van der Waals surface area contributed by atoms with E-state index in [-0.39, 0.29) is 0 Å². The average molecular weight is 300 g/mol. The van der Waals surface area contributed by atoms with Crippen LogP contribution in [0.5, 0.6) is 0 Å². The van der Waals surface area contributed by atoms with Gasteiger partial charge in [0.2, 0.25) is 0 Å². The van der Waals surface area contributed by atoms with Crippen molar-refractivity contribution in [1.29, 1.82) is 0 Å². The lowest BCUT2D eigenvalue weighted by molar-refractivity contribution is 0.873. The highest BCUT2D eigenvalue weighted by molar-refractivity contribution is 9.10. The molecule has 1 aromatic carbocycles. The second-order valence-corrected chi connectivity index (χ2v) is 4.82. The molecule has 2 aromatic heterocycles. The summed E-state index contributed by atoms with van der Waals surface area (Å²) in [5.41, 5.74) is 3.19. The summed E-state index contributed by atoms with van der Waals surface area (Å²) in [6.07, 6.45) is 7.40. The molecule has 3 aromatic rings. The molecule has 3 nitrogen and oxygen atoms in total. The zero-order valence-corrected chi connectivity index (χ0v) is 11.1. The van der Waals surface area contributed by atoms with Crippen LogP contribution in [0, 0.1) is 0 Å². The summed E-state index contributed by atoms with van der Waals surface area (Å²) in [4.78, 5) is 4.13. The van der Waals surface area contributed by atoms with Crippen molar-refractivity contribution in [3.05, 3.63) is 65.7 Å². The van der Waals surface area contributed by atoms with E-state index in [1.54, 1.807) is 12.4 Å². The van der Waals surface area contributed by atoms with E-state index in [0.29, 0.717) is 0 Å². The van der Waals surface area contributed by atoms with E-state index >= 15 is 0 Å². The third kappa shape index (κ3) is 2.19. The molecule has 0 aliphatic carbocycles. The maximum atomic E-state index is 4.36. The van der Waals surface area contributed by atoms with Gasteiger partial charge in [-0.1, -0.05) is 30.3 Å². The fourth-order valence-corrected chi connectivity index (χ4v) is 2.12. The van der Waals surface area contributed by atoms with Gasteiger partial charge in [-0.2, -0.15) is 5.10 Å². The normalized spacial score (nSPS) is 10.5. The molecule has 0 bridgehead atoms. The van der Waals surface area contributed by atoms with Gasteiger partial charge in [-0.15, -0.1) is 0 Å². The van der Waals surface area contributed by atoms with Crippen molar-refractivity contribution in [3.8, 4) is 16.8 Å². The Bertz CT molecular complexity index is 662. The van der Waals surface area contributed by atoms with Gasteiger partial charge in [0.05, 0.1) is 18.1 Å². The number of hydrogen-bond donors (Lipinski definition) is 0. The predicted molar refractivity (Wildman–Crippen MR) is 74.5 cm³/mol. The van der Waals surface area contributed by atoms with Crippen LogP contribution in [0.1, 0.15) is 0 Å². The lowest BCUT2D eigenvalue weighted by atomic mass is 10.1. The zero-order chi connectivity index (χ0) is 12.4. The van der Waals surface area contributed by atoms with Crippen LogP contribution in [0.25, 0.3) is 16.8 Å². The minimum Gasteiger partial charge on any atom is -0.261 e. The Kier molecular flexibility index (Phi) is 2.94. The average Bonchev–Trinajstić information content (AvgIpc) is 2.89. The Morgan fingerprint density at radius 3 is 2.56 bits per heavy atom. The Morgan fingerprint density at radius 2 is 1.78 bits per heavy atom. The summed E-state index contributed by atoms with van der Waals surface area (Å²) >= 11 is 3.41. The zero-order valence-electron chi connectivity index (χ0n) is 9.49. The number of pyridine rings is 1. The number of benzene rings is 1. The maximum Gasteiger partial charge on any atom is 0.0840 e. The summed E-state index contributed by atoms with van der Waals surface area (Å²) in [6.45, 7) is 0. The SMILES string of the molecule is Brc1cncc(-n2cc(-c3ccccc3)cn2)c1. The molecule has 18 heavy (non-hydrogen) atoms. The highest BCUT2D eigenvalue weighted by Gasteiger charge is 2.03. The summed E-state index contributed by atoms with van der Waals surface area (Å²) in [6, 6.07) is 12.2. The van der Waals surface area contributed by atoms with Crippen molar-refractivity contribution in [1.82, 2.24) is 14.8 Å². The van der Waals surface area contributed by atoms with Crippen LogP contribution in [0.3, 0.4) is 0 Å². The van der Waals surface area contributed by atoms with Crippen molar-refractivity contribution >= 4 is 15.9 Å². The van der Waals surface area contributed by atoms with Gasteiger partial charge in [0.15, 0.2) is 0 Å². The summed E-state index contributed by atoms with van der Waals surface area (Å²) in [7, 11) is 0. The van der Waals surface area contributed by atoms with E-state index in [0.717, 1.165) is 21.3 Å². The van der Waals surface area contributed by atoms with E-state index in [9.17, 15) is 0 Å². The molecule has 0 aliphatic heterocycles. The van der Waals surface area contributed by atoms with Crippen LogP contribution in [0.15, 0.2) is 65.7 Å². The van der Waals surface area contributed by atoms with Gasteiger partial charge in [-0.3, -0.25) is 4.98 Å². The van der Waals surface area contributed by atoms with Crippen LogP contribution in [-0.2, 0) is 0 Å². The van der Waals surface area contributed by atoms with Crippen molar-refractivity contribution in [2.75, 3.05) is 0 Å². The van der Waals surface area contributed by atoms with Crippen LogP contribution in [0.2, 0.25) is 0 Å². The molecule has 0 aliphatic rings. The third-order valence-electron chi connectivity index (χ3n) is 2.64. The second kappa shape index (κ2) is 4.74. The van der Waals surface area contributed by atoms with Crippen LogP contribution in [-0.4, -0.2) is 14.8 Å². The maximum absolute atomic E-state index is 4.36. The predicted octanol–water partition coefficient (Wildman–Crippen LogP) is 3.70. The molecule has 0 radical (unpaired) electrons. The molecule has 0 amide bonds. The van der Waals surface area contributed by atoms with Crippen LogP contribution >= 0.6 is 15.9 Å². The van der Waals surface area contributed by atoms with E-state index in [2.05, 4.69) is 38.1 Å². The Morgan fingerprint density at radius 1 is 0.944 bits per heavy atom. The molecule has 0 unspecified atom stereocenters. The molecule has 0 saturated carbocycles. The quantitative estimate of drug-likeness (QED) is 0.722. The van der Waals surface area contributed by atoms with E-state index in [4.69, 9.17) is 0 Å². The van der Waals surface area contributed by atoms with Crippen molar-refractivity contribution in [2.24, 2.45) is 0 Å². The highest BCUT2D eigenvalue weighted by Crippen LogP contribution is 2.20. The molecule has 0 atom stereocenters. The molecule has 3 rings (SSSR count). The first-order chi connectivity index (χ1) is 8.83. The highest BCUT2D eigenvalue weighted by atomic mass is 79.9.